The summed E-state index contributed by atoms with van der Waals surface area (Å²) in [4.78, 5) is 12.8. The van der Waals surface area contributed by atoms with Gasteiger partial charge in [-0.3, -0.25) is 9.48 Å². The predicted molar refractivity (Wildman–Crippen MR) is 83.5 cm³/mol. The minimum atomic E-state index is -2.98. The van der Waals surface area contributed by atoms with Crippen LogP contribution in [0.25, 0.3) is 10.9 Å². The zero-order valence-corrected chi connectivity index (χ0v) is 13.2. The second kappa shape index (κ2) is 4.65. The Labute approximate surface area is 129 Å². The topological polar surface area (TPSA) is 69.0 Å². The van der Waals surface area contributed by atoms with Gasteiger partial charge in [0.25, 0.3) is 0 Å². The van der Waals surface area contributed by atoms with E-state index in [1.807, 2.05) is 31.4 Å². The van der Waals surface area contributed by atoms with Crippen molar-refractivity contribution < 1.29 is 13.2 Å². The van der Waals surface area contributed by atoms with Crippen molar-refractivity contribution in [1.82, 2.24) is 9.78 Å². The van der Waals surface area contributed by atoms with Crippen LogP contribution in [0.2, 0.25) is 0 Å². The molecule has 2 atom stereocenters. The predicted octanol–water partition coefficient (Wildman–Crippen LogP) is 2.11. The molecule has 0 amide bonds. The molecule has 2 fully saturated rings. The number of carbonyl (C=O) groups is 1. The number of hydrogen-bond acceptors (Lipinski definition) is 4. The van der Waals surface area contributed by atoms with Crippen LogP contribution >= 0.6 is 0 Å². The SMILES string of the molecule is Cn1cc2ccc(C(=O)C3CC4CCC(C3)S4(=O)=O)cc2n1. The van der Waals surface area contributed by atoms with Crippen molar-refractivity contribution in [3.05, 3.63) is 30.0 Å². The third-order valence-corrected chi connectivity index (χ3v) is 7.83. The fourth-order valence-electron chi connectivity index (χ4n) is 3.95. The van der Waals surface area contributed by atoms with Crippen LogP contribution in [0.4, 0.5) is 0 Å². The molecular formula is C16H18N2O3S. The summed E-state index contributed by atoms with van der Waals surface area (Å²) in [5, 5.41) is 4.73. The van der Waals surface area contributed by atoms with Gasteiger partial charge in [0.2, 0.25) is 0 Å². The van der Waals surface area contributed by atoms with Gasteiger partial charge in [-0.1, -0.05) is 12.1 Å². The van der Waals surface area contributed by atoms with Crippen LogP contribution in [0.15, 0.2) is 24.4 Å². The summed E-state index contributed by atoms with van der Waals surface area (Å²) in [5.74, 6) is -0.0958. The Kier molecular flexibility index (Phi) is 2.95. The number of sulfone groups is 1. The highest BCUT2D eigenvalue weighted by Gasteiger charge is 2.48. The molecule has 4 rings (SSSR count). The Morgan fingerprint density at radius 3 is 2.59 bits per heavy atom. The molecule has 2 unspecified atom stereocenters. The van der Waals surface area contributed by atoms with E-state index in [1.165, 1.54) is 0 Å². The number of fused-ring (bicyclic) bond motifs is 3. The van der Waals surface area contributed by atoms with E-state index in [2.05, 4.69) is 5.10 Å². The molecule has 1 aromatic carbocycles. The lowest BCUT2D eigenvalue weighted by Crippen LogP contribution is -2.36. The number of nitrogens with zero attached hydrogens (tertiary/aromatic N) is 2. The Hall–Kier alpha value is -1.69. The fourth-order valence-corrected chi connectivity index (χ4v) is 6.42. The summed E-state index contributed by atoms with van der Waals surface area (Å²) in [7, 11) is -1.12. The molecule has 0 aliphatic carbocycles. The Morgan fingerprint density at radius 2 is 1.91 bits per heavy atom. The molecule has 2 saturated heterocycles. The quantitative estimate of drug-likeness (QED) is 0.795. The van der Waals surface area contributed by atoms with Gasteiger partial charge in [0.1, 0.15) is 0 Å². The van der Waals surface area contributed by atoms with E-state index in [0.717, 1.165) is 23.7 Å². The van der Waals surface area contributed by atoms with Gasteiger partial charge in [-0.25, -0.2) is 8.42 Å². The number of benzene rings is 1. The zero-order valence-electron chi connectivity index (χ0n) is 12.4. The molecule has 2 aliphatic rings. The summed E-state index contributed by atoms with van der Waals surface area (Å²) < 4.78 is 26.0. The zero-order chi connectivity index (χ0) is 15.5. The van der Waals surface area contributed by atoms with E-state index in [1.54, 1.807) is 4.68 Å². The Balaban J connectivity index is 1.64. The maximum atomic E-state index is 12.8. The highest BCUT2D eigenvalue weighted by molar-refractivity contribution is 7.93. The molecule has 6 heteroatoms. The molecule has 0 N–H and O–H groups in total. The largest absolute Gasteiger partial charge is 0.294 e. The average molecular weight is 318 g/mol. The first-order valence-corrected chi connectivity index (χ1v) is 9.26. The van der Waals surface area contributed by atoms with Gasteiger partial charge in [-0.2, -0.15) is 5.10 Å². The first kappa shape index (κ1) is 13.9. The lowest BCUT2D eigenvalue weighted by Gasteiger charge is -2.26. The molecule has 2 aliphatic heterocycles. The maximum Gasteiger partial charge on any atom is 0.166 e. The van der Waals surface area contributed by atoms with Crippen molar-refractivity contribution in [2.45, 2.75) is 36.2 Å². The summed E-state index contributed by atoms with van der Waals surface area (Å²) >= 11 is 0. The van der Waals surface area contributed by atoms with Crippen LogP contribution in [0.1, 0.15) is 36.0 Å². The van der Waals surface area contributed by atoms with E-state index in [-0.39, 0.29) is 22.2 Å². The number of ketones is 1. The highest BCUT2D eigenvalue weighted by Crippen LogP contribution is 2.42. The number of carbonyl (C=O) groups excluding carboxylic acids is 1. The first-order chi connectivity index (χ1) is 10.4. The summed E-state index contributed by atoms with van der Waals surface area (Å²) in [5.41, 5.74) is 1.45. The summed E-state index contributed by atoms with van der Waals surface area (Å²) in [6, 6.07) is 5.56. The molecule has 22 heavy (non-hydrogen) atoms. The van der Waals surface area contributed by atoms with E-state index in [0.29, 0.717) is 18.4 Å². The standard InChI is InChI=1S/C16H18N2O3S/c1-18-9-11-3-2-10(8-15(11)17-18)16(19)12-6-13-4-5-14(7-12)22(13,20)21/h2-3,8-9,12-14H,4-7H2,1H3. The van der Waals surface area contributed by atoms with Crippen molar-refractivity contribution in [1.29, 1.82) is 0 Å². The van der Waals surface area contributed by atoms with Crippen LogP contribution in [0.5, 0.6) is 0 Å². The smallest absolute Gasteiger partial charge is 0.166 e. The lowest BCUT2D eigenvalue weighted by atomic mass is 9.90. The monoisotopic (exact) mass is 318 g/mol. The normalized spacial score (nSPS) is 29.8. The molecule has 2 aromatic rings. The van der Waals surface area contributed by atoms with Crippen molar-refractivity contribution >= 4 is 26.5 Å². The minimum absolute atomic E-state index is 0.0688. The van der Waals surface area contributed by atoms with Crippen LogP contribution in [0.3, 0.4) is 0 Å². The van der Waals surface area contributed by atoms with Crippen LogP contribution < -0.4 is 0 Å². The summed E-state index contributed by atoms with van der Waals surface area (Å²) in [6.07, 6.45) is 4.32. The molecular weight excluding hydrogens is 300 g/mol. The molecule has 1 aromatic heterocycles. The van der Waals surface area contributed by atoms with Crippen molar-refractivity contribution in [3.8, 4) is 0 Å². The third-order valence-electron chi connectivity index (χ3n) is 5.11. The fraction of sp³-hybridized carbons (Fsp3) is 0.500. The summed E-state index contributed by atoms with van der Waals surface area (Å²) in [6.45, 7) is 0. The molecule has 0 saturated carbocycles. The number of aryl methyl sites for hydroxylation is 1. The van der Waals surface area contributed by atoms with E-state index in [4.69, 9.17) is 0 Å². The second-order valence-electron chi connectivity index (χ2n) is 6.52. The molecule has 116 valence electrons. The highest BCUT2D eigenvalue weighted by atomic mass is 32.2. The lowest BCUT2D eigenvalue weighted by molar-refractivity contribution is 0.0905. The molecule has 0 radical (unpaired) electrons. The van der Waals surface area contributed by atoms with Crippen LogP contribution in [-0.2, 0) is 16.9 Å². The van der Waals surface area contributed by atoms with Gasteiger partial charge in [0.15, 0.2) is 15.6 Å². The van der Waals surface area contributed by atoms with Crippen molar-refractivity contribution in [3.63, 3.8) is 0 Å². The van der Waals surface area contributed by atoms with E-state index in [9.17, 15) is 13.2 Å². The van der Waals surface area contributed by atoms with E-state index >= 15 is 0 Å². The number of Topliss-reactive ketones (excluding diaryl/α,β-unsaturated/α-hetero) is 1. The van der Waals surface area contributed by atoms with Gasteiger partial charge >= 0.3 is 0 Å². The minimum Gasteiger partial charge on any atom is -0.294 e. The Morgan fingerprint density at radius 1 is 1.23 bits per heavy atom. The number of hydrogen-bond donors (Lipinski definition) is 0. The number of rotatable bonds is 2. The van der Waals surface area contributed by atoms with Crippen LogP contribution in [0, 0.1) is 5.92 Å². The van der Waals surface area contributed by atoms with Gasteiger partial charge in [0.05, 0.1) is 16.0 Å². The van der Waals surface area contributed by atoms with Gasteiger partial charge < -0.3 is 0 Å². The first-order valence-electron chi connectivity index (χ1n) is 7.65. The molecule has 2 bridgehead atoms. The van der Waals surface area contributed by atoms with Crippen molar-refractivity contribution in [2.24, 2.45) is 13.0 Å². The van der Waals surface area contributed by atoms with Crippen LogP contribution in [-0.4, -0.2) is 34.5 Å². The molecule has 5 nitrogen and oxygen atoms in total. The molecule has 3 heterocycles. The van der Waals surface area contributed by atoms with Gasteiger partial charge in [0, 0.05) is 30.1 Å². The maximum absolute atomic E-state index is 12.8. The van der Waals surface area contributed by atoms with Gasteiger partial charge in [-0.05, 0) is 31.7 Å². The Bertz CT molecular complexity index is 849. The average Bonchev–Trinajstić information content (AvgIpc) is 2.86. The van der Waals surface area contributed by atoms with Crippen molar-refractivity contribution in [2.75, 3.05) is 0 Å². The second-order valence-corrected chi connectivity index (χ2v) is 9.03. The number of aromatic nitrogens is 2. The third kappa shape index (κ3) is 2.00. The van der Waals surface area contributed by atoms with E-state index < -0.39 is 9.84 Å². The van der Waals surface area contributed by atoms with Gasteiger partial charge in [-0.15, -0.1) is 0 Å². The molecule has 0 spiro atoms.